The maximum absolute atomic E-state index is 6.50. The van der Waals surface area contributed by atoms with Crippen LogP contribution < -0.4 is 4.74 Å². The van der Waals surface area contributed by atoms with Crippen molar-refractivity contribution in [2.24, 2.45) is 35.0 Å². The number of hydrogen-bond acceptors (Lipinski definition) is 3. The van der Waals surface area contributed by atoms with E-state index in [9.17, 15) is 0 Å². The summed E-state index contributed by atoms with van der Waals surface area (Å²) in [5.74, 6) is 3.58. The average molecular weight is 501 g/mol. The summed E-state index contributed by atoms with van der Waals surface area (Å²) in [6.07, 6.45) is 23.2. The first kappa shape index (κ1) is 26.3. The molecule has 2 aliphatic heterocycles. The van der Waals surface area contributed by atoms with E-state index in [4.69, 9.17) is 14.2 Å². The van der Waals surface area contributed by atoms with Gasteiger partial charge < -0.3 is 14.2 Å². The van der Waals surface area contributed by atoms with Gasteiger partial charge in [-0.15, -0.1) is 0 Å². The molecule has 2 bridgehead atoms. The highest BCUT2D eigenvalue weighted by Crippen LogP contribution is 2.49. The van der Waals surface area contributed by atoms with Crippen LogP contribution in [0.25, 0.3) is 6.08 Å². The van der Waals surface area contributed by atoms with Gasteiger partial charge in [0.25, 0.3) is 0 Å². The number of fused-ring (bicyclic) bond motifs is 4. The van der Waals surface area contributed by atoms with E-state index >= 15 is 0 Å². The Morgan fingerprint density at radius 3 is 2.49 bits per heavy atom. The van der Waals surface area contributed by atoms with Crippen LogP contribution in [0.4, 0.5) is 0 Å². The molecule has 37 heavy (non-hydrogen) atoms. The smallest absolute Gasteiger partial charge is 0.197 e. The fourth-order valence-corrected chi connectivity index (χ4v) is 7.25. The van der Waals surface area contributed by atoms with Gasteiger partial charge in [-0.2, -0.15) is 0 Å². The van der Waals surface area contributed by atoms with E-state index in [0.29, 0.717) is 36.2 Å². The summed E-state index contributed by atoms with van der Waals surface area (Å²) < 4.78 is 19.3. The van der Waals surface area contributed by atoms with Gasteiger partial charge in [-0.3, -0.25) is 0 Å². The van der Waals surface area contributed by atoms with Gasteiger partial charge in [0, 0.05) is 17.4 Å². The first-order valence-corrected chi connectivity index (χ1v) is 14.2. The molecule has 3 heteroatoms. The van der Waals surface area contributed by atoms with E-state index in [1.807, 2.05) is 6.92 Å². The van der Waals surface area contributed by atoms with Crippen LogP contribution in [0.3, 0.4) is 0 Å². The molecule has 0 aromatic heterocycles. The SMILES string of the molecule is CC(OCC1C2C=CC=CC(CC3C=CC=CC31)O2)Oc1cccc2c1C=CC2C(C(C)C)C(C)(C)C. The quantitative estimate of drug-likeness (QED) is 0.354. The lowest BCUT2D eigenvalue weighted by molar-refractivity contribution is -0.100. The maximum Gasteiger partial charge on any atom is 0.197 e. The largest absolute Gasteiger partial charge is 0.465 e. The third-order valence-corrected chi connectivity index (χ3v) is 8.64. The molecule has 198 valence electrons. The molecule has 2 aliphatic carbocycles. The van der Waals surface area contributed by atoms with Crippen molar-refractivity contribution in [3.8, 4) is 5.75 Å². The predicted molar refractivity (Wildman–Crippen MR) is 152 cm³/mol. The van der Waals surface area contributed by atoms with E-state index in [1.165, 1.54) is 11.1 Å². The van der Waals surface area contributed by atoms with Crippen molar-refractivity contribution in [2.75, 3.05) is 6.61 Å². The van der Waals surface area contributed by atoms with Crippen molar-refractivity contribution in [3.05, 3.63) is 84.0 Å². The van der Waals surface area contributed by atoms with Crippen molar-refractivity contribution in [3.63, 3.8) is 0 Å². The summed E-state index contributed by atoms with van der Waals surface area (Å²) in [6.45, 7) is 14.4. The lowest BCUT2D eigenvalue weighted by Crippen LogP contribution is -2.35. The number of ether oxygens (including phenoxy) is 3. The van der Waals surface area contributed by atoms with Crippen molar-refractivity contribution < 1.29 is 14.2 Å². The number of rotatable bonds is 7. The molecular formula is C34H44O3. The molecule has 5 rings (SSSR count). The van der Waals surface area contributed by atoms with Crippen LogP contribution in [0.2, 0.25) is 0 Å². The Morgan fingerprint density at radius 1 is 0.946 bits per heavy atom. The Kier molecular flexibility index (Phi) is 7.65. The monoisotopic (exact) mass is 500 g/mol. The van der Waals surface area contributed by atoms with Crippen LogP contribution >= 0.6 is 0 Å². The van der Waals surface area contributed by atoms with Gasteiger partial charge in [-0.05, 0) is 54.1 Å². The topological polar surface area (TPSA) is 27.7 Å². The molecular weight excluding hydrogens is 456 g/mol. The molecule has 0 amide bonds. The van der Waals surface area contributed by atoms with E-state index in [2.05, 4.69) is 114 Å². The minimum atomic E-state index is -0.351. The van der Waals surface area contributed by atoms with E-state index in [0.717, 1.165) is 12.2 Å². The first-order chi connectivity index (χ1) is 17.7. The molecule has 3 nitrogen and oxygen atoms in total. The van der Waals surface area contributed by atoms with Crippen molar-refractivity contribution >= 4 is 6.08 Å². The molecule has 1 fully saturated rings. The highest BCUT2D eigenvalue weighted by molar-refractivity contribution is 5.68. The van der Waals surface area contributed by atoms with Crippen molar-refractivity contribution in [2.45, 2.75) is 72.4 Å². The molecule has 1 saturated heterocycles. The van der Waals surface area contributed by atoms with Crippen LogP contribution in [-0.2, 0) is 9.47 Å². The number of allylic oxidation sites excluding steroid dienone is 7. The third-order valence-electron chi connectivity index (χ3n) is 8.64. The molecule has 2 heterocycles. The Labute approximate surface area is 224 Å². The van der Waals surface area contributed by atoms with Gasteiger partial charge in [0.1, 0.15) is 5.75 Å². The second kappa shape index (κ2) is 10.8. The summed E-state index contributed by atoms with van der Waals surface area (Å²) in [5.41, 5.74) is 2.80. The van der Waals surface area contributed by atoms with Crippen LogP contribution in [0.15, 0.2) is 72.9 Å². The van der Waals surface area contributed by atoms with E-state index in [1.54, 1.807) is 0 Å². The summed E-state index contributed by atoms with van der Waals surface area (Å²) in [5, 5.41) is 0. The highest BCUT2D eigenvalue weighted by Gasteiger charge is 2.40. The van der Waals surface area contributed by atoms with Crippen LogP contribution in [0, 0.1) is 35.0 Å². The molecule has 8 unspecified atom stereocenters. The molecule has 1 aromatic carbocycles. The second-order valence-corrected chi connectivity index (χ2v) is 12.6. The minimum Gasteiger partial charge on any atom is -0.465 e. The molecule has 0 radical (unpaired) electrons. The Hall–Kier alpha value is -2.36. The predicted octanol–water partition coefficient (Wildman–Crippen LogP) is 8.11. The zero-order valence-electron chi connectivity index (χ0n) is 23.3. The summed E-state index contributed by atoms with van der Waals surface area (Å²) in [7, 11) is 0. The standard InChI is InChI=1S/C34H44O3/c1-22(2)33(34(4,5)6)29-19-18-28-27(29)15-11-17-31(28)36-23(3)35-21-30-26-14-9-7-12-24(26)20-25-13-8-10-16-32(30)37-25/h7-19,22-26,29-30,32-33H,20-21H2,1-6H3. The van der Waals surface area contributed by atoms with Crippen LogP contribution in [0.1, 0.15) is 65.0 Å². The van der Waals surface area contributed by atoms with Crippen molar-refractivity contribution in [1.82, 2.24) is 0 Å². The van der Waals surface area contributed by atoms with Gasteiger partial charge in [0.15, 0.2) is 6.29 Å². The fourth-order valence-electron chi connectivity index (χ4n) is 7.25. The maximum atomic E-state index is 6.50. The number of benzene rings is 1. The zero-order chi connectivity index (χ0) is 26.2. The van der Waals surface area contributed by atoms with E-state index in [-0.39, 0.29) is 29.8 Å². The summed E-state index contributed by atoms with van der Waals surface area (Å²) in [4.78, 5) is 0. The van der Waals surface area contributed by atoms with Gasteiger partial charge in [0.2, 0.25) is 0 Å². The molecule has 4 aliphatic rings. The zero-order valence-corrected chi connectivity index (χ0v) is 23.3. The number of hydrogen-bond donors (Lipinski definition) is 0. The molecule has 0 spiro atoms. The third kappa shape index (κ3) is 5.59. The van der Waals surface area contributed by atoms with Crippen LogP contribution in [-0.4, -0.2) is 25.1 Å². The fraction of sp³-hybridized carbons (Fsp3) is 0.529. The minimum absolute atomic E-state index is 0.0355. The first-order valence-electron chi connectivity index (χ1n) is 14.2. The summed E-state index contributed by atoms with van der Waals surface area (Å²) >= 11 is 0. The normalized spacial score (nSPS) is 31.5. The second-order valence-electron chi connectivity index (χ2n) is 12.6. The van der Waals surface area contributed by atoms with Crippen molar-refractivity contribution in [1.29, 1.82) is 0 Å². The lowest BCUT2D eigenvalue weighted by atomic mass is 9.66. The van der Waals surface area contributed by atoms with E-state index < -0.39 is 0 Å². The molecule has 0 N–H and O–H groups in total. The average Bonchev–Trinajstić information content (AvgIpc) is 3.03. The van der Waals surface area contributed by atoms with Gasteiger partial charge in [0.05, 0.1) is 18.8 Å². The van der Waals surface area contributed by atoms with Gasteiger partial charge >= 0.3 is 0 Å². The Morgan fingerprint density at radius 2 is 1.70 bits per heavy atom. The lowest BCUT2D eigenvalue weighted by Gasteiger charge is -2.38. The molecule has 0 saturated carbocycles. The van der Waals surface area contributed by atoms with Crippen LogP contribution in [0.5, 0.6) is 5.75 Å². The highest BCUT2D eigenvalue weighted by atomic mass is 16.7. The Bertz CT molecular complexity index is 1100. The molecule has 1 aromatic rings. The molecule has 8 atom stereocenters. The Balaban J connectivity index is 1.29. The van der Waals surface area contributed by atoms with Gasteiger partial charge in [-0.1, -0.05) is 108 Å². The summed E-state index contributed by atoms with van der Waals surface area (Å²) in [6, 6.07) is 6.48. The van der Waals surface area contributed by atoms with Gasteiger partial charge in [-0.25, -0.2) is 0 Å².